The van der Waals surface area contributed by atoms with Gasteiger partial charge in [0.05, 0.1) is 6.61 Å². The Morgan fingerprint density at radius 2 is 1.75 bits per heavy atom. The summed E-state index contributed by atoms with van der Waals surface area (Å²) in [5.74, 6) is -0.910. The van der Waals surface area contributed by atoms with E-state index in [1.54, 1.807) is 4.90 Å². The number of aliphatic hydroxyl groups excluding tert-OH is 1. The van der Waals surface area contributed by atoms with Gasteiger partial charge in [-0.1, -0.05) is 27.2 Å². The number of hydrogen-bond donors (Lipinski definition) is 3. The minimum atomic E-state index is -0.849. The van der Waals surface area contributed by atoms with Crippen LogP contribution in [0.2, 0.25) is 0 Å². The molecule has 1 atom stereocenters. The molecule has 6 nitrogen and oxygen atoms in total. The molecule has 6 heteroatoms. The number of nitrogens with zero attached hydrogens (tertiary/aromatic N) is 1. The Hall–Kier alpha value is -1.30. The third-order valence-electron chi connectivity index (χ3n) is 3.57. The molecule has 0 rings (SSSR count). The van der Waals surface area contributed by atoms with Gasteiger partial charge in [-0.3, -0.25) is 4.79 Å². The summed E-state index contributed by atoms with van der Waals surface area (Å²) < 4.78 is 0. The van der Waals surface area contributed by atoms with Crippen molar-refractivity contribution < 1.29 is 19.8 Å². The summed E-state index contributed by atoms with van der Waals surface area (Å²) in [5.41, 5.74) is 0. The Kier molecular flexibility index (Phi) is 9.80. The van der Waals surface area contributed by atoms with Crippen LogP contribution in [0, 0.1) is 5.92 Å². The highest BCUT2D eigenvalue weighted by Gasteiger charge is 2.21. The number of amides is 2. The van der Waals surface area contributed by atoms with E-state index in [4.69, 9.17) is 10.2 Å². The van der Waals surface area contributed by atoms with Crippen LogP contribution >= 0.6 is 0 Å². The lowest BCUT2D eigenvalue weighted by Gasteiger charge is -2.30. The number of rotatable bonds is 10. The van der Waals surface area contributed by atoms with Gasteiger partial charge in [-0.05, 0) is 18.8 Å². The van der Waals surface area contributed by atoms with Gasteiger partial charge in [0, 0.05) is 25.6 Å². The fourth-order valence-electron chi connectivity index (χ4n) is 2.23. The molecule has 0 aliphatic rings. The third-order valence-corrected chi connectivity index (χ3v) is 3.57. The van der Waals surface area contributed by atoms with Crippen molar-refractivity contribution in [1.82, 2.24) is 10.2 Å². The largest absolute Gasteiger partial charge is 0.481 e. The van der Waals surface area contributed by atoms with E-state index in [0.29, 0.717) is 19.5 Å². The van der Waals surface area contributed by atoms with E-state index in [2.05, 4.69) is 5.32 Å². The minimum Gasteiger partial charge on any atom is -0.481 e. The topological polar surface area (TPSA) is 89.9 Å². The first-order chi connectivity index (χ1) is 9.49. The second-order valence-corrected chi connectivity index (χ2v) is 4.95. The van der Waals surface area contributed by atoms with Crippen LogP contribution in [0.15, 0.2) is 0 Å². The molecule has 0 aromatic carbocycles. The second-order valence-electron chi connectivity index (χ2n) is 4.95. The Morgan fingerprint density at radius 3 is 2.15 bits per heavy atom. The average molecular weight is 288 g/mol. The zero-order valence-corrected chi connectivity index (χ0v) is 12.8. The van der Waals surface area contributed by atoms with Gasteiger partial charge in [0.15, 0.2) is 0 Å². The van der Waals surface area contributed by atoms with Crippen molar-refractivity contribution in [3.8, 4) is 0 Å². The van der Waals surface area contributed by atoms with Gasteiger partial charge in [-0.15, -0.1) is 0 Å². The van der Waals surface area contributed by atoms with Crippen LogP contribution in [0.3, 0.4) is 0 Å². The summed E-state index contributed by atoms with van der Waals surface area (Å²) in [4.78, 5) is 24.5. The summed E-state index contributed by atoms with van der Waals surface area (Å²) in [6.45, 7) is 6.50. The first kappa shape index (κ1) is 18.7. The van der Waals surface area contributed by atoms with Gasteiger partial charge >= 0.3 is 12.0 Å². The molecule has 0 aromatic heterocycles. The molecule has 2 amide bonds. The van der Waals surface area contributed by atoms with Crippen LogP contribution in [0.25, 0.3) is 0 Å². The average Bonchev–Trinajstić information content (AvgIpc) is 2.42. The lowest BCUT2D eigenvalue weighted by molar-refractivity contribution is -0.138. The number of nitrogens with one attached hydrogen (secondary N) is 1. The maximum absolute atomic E-state index is 12.2. The molecule has 0 heterocycles. The van der Waals surface area contributed by atoms with Gasteiger partial charge in [0.2, 0.25) is 0 Å². The van der Waals surface area contributed by atoms with Crippen molar-refractivity contribution >= 4 is 12.0 Å². The highest BCUT2D eigenvalue weighted by atomic mass is 16.4. The maximum Gasteiger partial charge on any atom is 0.317 e. The van der Waals surface area contributed by atoms with Gasteiger partial charge in [0.1, 0.15) is 0 Å². The molecule has 0 saturated heterocycles. The molecule has 0 aromatic rings. The van der Waals surface area contributed by atoms with E-state index in [1.807, 2.05) is 20.8 Å². The zero-order chi connectivity index (χ0) is 15.5. The number of carbonyl (C=O) groups is 2. The molecule has 0 radical (unpaired) electrons. The number of carbonyl (C=O) groups excluding carboxylic acids is 1. The molecule has 1 unspecified atom stereocenters. The second kappa shape index (κ2) is 10.5. The first-order valence-electron chi connectivity index (χ1n) is 7.37. The van der Waals surface area contributed by atoms with E-state index in [9.17, 15) is 9.59 Å². The van der Waals surface area contributed by atoms with E-state index >= 15 is 0 Å². The van der Waals surface area contributed by atoms with E-state index < -0.39 is 5.97 Å². The highest BCUT2D eigenvalue weighted by Crippen LogP contribution is 2.10. The van der Waals surface area contributed by atoms with E-state index in [1.165, 1.54) is 0 Å². The molecule has 0 fully saturated rings. The normalized spacial score (nSPS) is 12.2. The van der Waals surface area contributed by atoms with Crippen LogP contribution < -0.4 is 5.32 Å². The van der Waals surface area contributed by atoms with Crippen molar-refractivity contribution in [1.29, 1.82) is 0 Å². The lowest BCUT2D eigenvalue weighted by atomic mass is 10.0. The molecule has 20 heavy (non-hydrogen) atoms. The summed E-state index contributed by atoms with van der Waals surface area (Å²) >= 11 is 0. The Morgan fingerprint density at radius 1 is 1.15 bits per heavy atom. The molecule has 0 aliphatic carbocycles. The zero-order valence-electron chi connectivity index (χ0n) is 12.8. The lowest BCUT2D eigenvalue weighted by Crippen LogP contribution is -2.48. The number of urea groups is 1. The fourth-order valence-corrected chi connectivity index (χ4v) is 2.23. The summed E-state index contributed by atoms with van der Waals surface area (Å²) in [6.07, 6.45) is 2.42. The number of aliphatic hydroxyl groups is 1. The van der Waals surface area contributed by atoms with Gasteiger partial charge < -0.3 is 20.4 Å². The van der Waals surface area contributed by atoms with Crippen molar-refractivity contribution in [3.05, 3.63) is 0 Å². The molecule has 0 spiro atoms. The molecule has 3 N–H and O–H groups in total. The molecular weight excluding hydrogens is 260 g/mol. The van der Waals surface area contributed by atoms with Gasteiger partial charge in [0.25, 0.3) is 0 Å². The summed E-state index contributed by atoms with van der Waals surface area (Å²) in [5, 5.41) is 20.6. The number of carboxylic acid groups (broad SMARTS) is 1. The summed E-state index contributed by atoms with van der Waals surface area (Å²) in [7, 11) is 0. The van der Waals surface area contributed by atoms with Crippen LogP contribution in [0.4, 0.5) is 4.79 Å². The smallest absolute Gasteiger partial charge is 0.317 e. The number of hydrogen-bond acceptors (Lipinski definition) is 3. The van der Waals surface area contributed by atoms with Crippen LogP contribution in [-0.2, 0) is 4.79 Å². The molecule has 0 saturated carbocycles. The van der Waals surface area contributed by atoms with E-state index in [0.717, 1.165) is 12.8 Å². The molecule has 0 bridgehead atoms. The highest BCUT2D eigenvalue weighted by molar-refractivity contribution is 5.74. The number of carboxylic acids is 1. The first-order valence-corrected chi connectivity index (χ1v) is 7.37. The fraction of sp³-hybridized carbons (Fsp3) is 0.857. The van der Waals surface area contributed by atoms with Crippen molar-refractivity contribution in [2.45, 2.75) is 52.5 Å². The van der Waals surface area contributed by atoms with Crippen molar-refractivity contribution in [3.63, 3.8) is 0 Å². The summed E-state index contributed by atoms with van der Waals surface area (Å²) in [6, 6.07) is -0.127. The van der Waals surface area contributed by atoms with Crippen LogP contribution in [-0.4, -0.2) is 52.9 Å². The Labute approximate surface area is 121 Å². The SMILES string of the molecule is CCC(CNC(=O)N(CCO)C(CC)CC)CC(=O)O. The maximum atomic E-state index is 12.2. The predicted octanol–water partition coefficient (Wildman–Crippen LogP) is 1.68. The van der Waals surface area contributed by atoms with Gasteiger partial charge in [-0.25, -0.2) is 4.79 Å². The van der Waals surface area contributed by atoms with Crippen molar-refractivity contribution in [2.24, 2.45) is 5.92 Å². The molecule has 0 aliphatic heterocycles. The van der Waals surface area contributed by atoms with Crippen LogP contribution in [0.5, 0.6) is 0 Å². The number of aliphatic carboxylic acids is 1. The minimum absolute atomic E-state index is 0.0573. The van der Waals surface area contributed by atoms with Gasteiger partial charge in [-0.2, -0.15) is 0 Å². The standard InChI is InChI=1S/C14H28N2O4/c1-4-11(9-13(18)19)10-15-14(20)16(7-8-17)12(5-2)6-3/h11-12,17H,4-10H2,1-3H3,(H,15,20)(H,18,19). The van der Waals surface area contributed by atoms with Crippen molar-refractivity contribution in [2.75, 3.05) is 19.7 Å². The quantitative estimate of drug-likeness (QED) is 0.570. The van der Waals surface area contributed by atoms with Crippen LogP contribution in [0.1, 0.15) is 46.5 Å². The predicted molar refractivity (Wildman–Crippen MR) is 77.6 cm³/mol. The van der Waals surface area contributed by atoms with E-state index in [-0.39, 0.29) is 31.0 Å². The third kappa shape index (κ3) is 6.75. The Bertz CT molecular complexity index is 293. The molecule has 118 valence electrons. The Balaban J connectivity index is 4.47. The molecular formula is C14H28N2O4. The monoisotopic (exact) mass is 288 g/mol.